The van der Waals surface area contributed by atoms with Gasteiger partial charge in [-0.1, -0.05) is 6.92 Å². The summed E-state index contributed by atoms with van der Waals surface area (Å²) in [4.78, 5) is 0. The van der Waals surface area contributed by atoms with Crippen LogP contribution in [0.25, 0.3) is 0 Å². The maximum Gasteiger partial charge on any atom is 0.416 e. The van der Waals surface area contributed by atoms with E-state index >= 15 is 0 Å². The highest BCUT2D eigenvalue weighted by Gasteiger charge is 2.37. The molecular weight excluding hydrogens is 260 g/mol. The van der Waals surface area contributed by atoms with Gasteiger partial charge in [0.15, 0.2) is 0 Å². The van der Waals surface area contributed by atoms with Crippen LogP contribution in [0.3, 0.4) is 0 Å². The Balaban J connectivity index is 3.39. The van der Waals surface area contributed by atoms with Gasteiger partial charge < -0.3 is 5.73 Å². The third-order valence-corrected chi connectivity index (χ3v) is 2.53. The van der Waals surface area contributed by atoms with Gasteiger partial charge in [-0.3, -0.25) is 0 Å². The van der Waals surface area contributed by atoms with E-state index in [4.69, 9.17) is 5.73 Å². The number of alkyl halides is 6. The minimum absolute atomic E-state index is 0.0292. The molecule has 0 saturated heterocycles. The lowest BCUT2D eigenvalue weighted by atomic mass is 9.96. The zero-order valence-electron chi connectivity index (χ0n) is 9.36. The predicted octanol–water partition coefficient (Wildman–Crippen LogP) is 3.79. The average Bonchev–Trinajstić information content (AvgIpc) is 2.25. The highest BCUT2D eigenvalue weighted by Crippen LogP contribution is 2.37. The summed E-state index contributed by atoms with van der Waals surface area (Å²) in [6, 6.07) is 1.51. The van der Waals surface area contributed by atoms with E-state index in [1.54, 1.807) is 0 Å². The first-order chi connectivity index (χ1) is 8.05. The Labute approximate surface area is 99.6 Å². The van der Waals surface area contributed by atoms with E-state index in [1.807, 2.05) is 0 Å². The van der Waals surface area contributed by atoms with Crippen molar-refractivity contribution in [3.05, 3.63) is 34.9 Å². The van der Waals surface area contributed by atoms with Crippen molar-refractivity contribution in [3.8, 4) is 0 Å². The minimum atomic E-state index is -4.82. The van der Waals surface area contributed by atoms with Crippen LogP contribution in [0.4, 0.5) is 26.3 Å². The summed E-state index contributed by atoms with van der Waals surface area (Å²) in [6.45, 7) is 1.44. The van der Waals surface area contributed by atoms with Crippen LogP contribution in [0, 0.1) is 0 Å². The summed E-state index contributed by atoms with van der Waals surface area (Å²) >= 11 is 0. The van der Waals surface area contributed by atoms with Crippen molar-refractivity contribution in [3.63, 3.8) is 0 Å². The van der Waals surface area contributed by atoms with Crippen LogP contribution in [0.15, 0.2) is 18.2 Å². The predicted molar refractivity (Wildman–Crippen MR) is 53.9 cm³/mol. The van der Waals surface area contributed by atoms with E-state index in [9.17, 15) is 26.3 Å². The van der Waals surface area contributed by atoms with Crippen molar-refractivity contribution in [2.24, 2.45) is 5.73 Å². The molecule has 0 unspecified atom stereocenters. The van der Waals surface area contributed by atoms with Gasteiger partial charge in [0.1, 0.15) is 0 Å². The van der Waals surface area contributed by atoms with Gasteiger partial charge in [0, 0.05) is 0 Å². The van der Waals surface area contributed by atoms with E-state index < -0.39 is 29.4 Å². The van der Waals surface area contributed by atoms with Crippen LogP contribution in [-0.4, -0.2) is 6.54 Å². The molecule has 1 aromatic carbocycles. The maximum atomic E-state index is 12.5. The first kappa shape index (κ1) is 14.8. The molecule has 1 rings (SSSR count). The van der Waals surface area contributed by atoms with E-state index in [0.717, 1.165) is 0 Å². The lowest BCUT2D eigenvalue weighted by molar-refractivity contribution is -0.143. The van der Waals surface area contributed by atoms with Crippen LogP contribution < -0.4 is 5.73 Å². The molecule has 0 radical (unpaired) electrons. The quantitative estimate of drug-likeness (QED) is 0.814. The highest BCUT2D eigenvalue weighted by molar-refractivity contribution is 5.35. The smallest absolute Gasteiger partial charge is 0.330 e. The second kappa shape index (κ2) is 4.79. The summed E-state index contributed by atoms with van der Waals surface area (Å²) in [5.74, 6) is -0.576. The van der Waals surface area contributed by atoms with Gasteiger partial charge >= 0.3 is 12.4 Å². The zero-order chi connectivity index (χ0) is 14.1. The Morgan fingerprint density at radius 2 is 1.33 bits per heavy atom. The molecule has 0 spiro atoms. The van der Waals surface area contributed by atoms with Crippen molar-refractivity contribution in [1.82, 2.24) is 0 Å². The molecule has 0 bridgehead atoms. The Hall–Kier alpha value is -1.24. The van der Waals surface area contributed by atoms with Crippen molar-refractivity contribution in [2.75, 3.05) is 6.54 Å². The molecule has 1 nitrogen and oxygen atoms in total. The van der Waals surface area contributed by atoms with Crippen molar-refractivity contribution in [2.45, 2.75) is 25.2 Å². The molecule has 1 aromatic rings. The SMILES string of the molecule is C[C@H](CN)c1cc(C(F)(F)F)cc(C(F)(F)F)c1. The van der Waals surface area contributed by atoms with Crippen LogP contribution in [0.1, 0.15) is 29.5 Å². The van der Waals surface area contributed by atoms with Gasteiger partial charge in [-0.2, -0.15) is 26.3 Å². The van der Waals surface area contributed by atoms with E-state index in [0.29, 0.717) is 12.1 Å². The fraction of sp³-hybridized carbons (Fsp3) is 0.455. The normalized spacial score (nSPS) is 14.7. The second-order valence-electron chi connectivity index (χ2n) is 3.98. The average molecular weight is 271 g/mol. The molecule has 0 aliphatic rings. The molecule has 0 aromatic heterocycles. The second-order valence-corrected chi connectivity index (χ2v) is 3.98. The first-order valence-corrected chi connectivity index (χ1v) is 5.05. The van der Waals surface area contributed by atoms with Crippen LogP contribution in [0.2, 0.25) is 0 Å². The third-order valence-electron chi connectivity index (χ3n) is 2.53. The van der Waals surface area contributed by atoms with Gasteiger partial charge in [-0.05, 0) is 36.2 Å². The van der Waals surface area contributed by atoms with Crippen LogP contribution in [-0.2, 0) is 12.4 Å². The lowest BCUT2D eigenvalue weighted by Gasteiger charge is -2.16. The topological polar surface area (TPSA) is 26.0 Å². The molecule has 0 amide bonds. The Kier molecular flexibility index (Phi) is 3.95. The van der Waals surface area contributed by atoms with E-state index in [1.165, 1.54) is 6.92 Å². The fourth-order valence-corrected chi connectivity index (χ4v) is 1.40. The highest BCUT2D eigenvalue weighted by atomic mass is 19.4. The number of halogens is 6. The Bertz CT molecular complexity index is 388. The molecule has 0 saturated carbocycles. The summed E-state index contributed by atoms with van der Waals surface area (Å²) in [5.41, 5.74) is 2.57. The van der Waals surface area contributed by atoms with E-state index in [2.05, 4.69) is 0 Å². The molecule has 0 heterocycles. The van der Waals surface area contributed by atoms with Gasteiger partial charge in [0.25, 0.3) is 0 Å². The molecular formula is C11H11F6N. The number of rotatable bonds is 2. The molecule has 2 N–H and O–H groups in total. The summed E-state index contributed by atoms with van der Waals surface area (Å²) in [5, 5.41) is 0. The molecule has 1 atom stereocenters. The van der Waals surface area contributed by atoms with Crippen molar-refractivity contribution < 1.29 is 26.3 Å². The number of benzene rings is 1. The van der Waals surface area contributed by atoms with Crippen molar-refractivity contribution in [1.29, 1.82) is 0 Å². The minimum Gasteiger partial charge on any atom is -0.330 e. The summed E-state index contributed by atoms with van der Waals surface area (Å²) < 4.78 is 75.0. The largest absolute Gasteiger partial charge is 0.416 e. The van der Waals surface area contributed by atoms with Crippen LogP contribution >= 0.6 is 0 Å². The Morgan fingerprint density at radius 1 is 0.944 bits per heavy atom. The van der Waals surface area contributed by atoms with Gasteiger partial charge in [-0.15, -0.1) is 0 Å². The fourth-order valence-electron chi connectivity index (χ4n) is 1.40. The summed E-state index contributed by atoms with van der Waals surface area (Å²) in [7, 11) is 0. The standard InChI is InChI=1S/C11H11F6N/c1-6(5-18)7-2-8(10(12,13)14)4-9(3-7)11(15,16)17/h2-4,6H,5,18H2,1H3/t6-/m1/s1. The molecule has 18 heavy (non-hydrogen) atoms. The zero-order valence-corrected chi connectivity index (χ0v) is 9.36. The molecule has 0 aliphatic carbocycles. The number of hydrogen-bond donors (Lipinski definition) is 1. The van der Waals surface area contributed by atoms with Crippen molar-refractivity contribution >= 4 is 0 Å². The maximum absolute atomic E-state index is 12.5. The van der Waals surface area contributed by atoms with Crippen LogP contribution in [0.5, 0.6) is 0 Å². The Morgan fingerprint density at radius 3 is 1.61 bits per heavy atom. The number of nitrogens with two attached hydrogens (primary N) is 1. The summed E-state index contributed by atoms with van der Waals surface area (Å²) in [6.07, 6.45) is -9.63. The number of hydrogen-bond acceptors (Lipinski definition) is 1. The molecule has 7 heteroatoms. The molecule has 0 aliphatic heterocycles. The lowest BCUT2D eigenvalue weighted by Crippen LogP contribution is -2.15. The third kappa shape index (κ3) is 3.38. The molecule has 102 valence electrons. The monoisotopic (exact) mass is 271 g/mol. The van der Waals surface area contributed by atoms with E-state index in [-0.39, 0.29) is 18.2 Å². The molecule has 0 fully saturated rings. The van der Waals surface area contributed by atoms with Gasteiger partial charge in [0.05, 0.1) is 11.1 Å². The first-order valence-electron chi connectivity index (χ1n) is 5.05. The van der Waals surface area contributed by atoms with Gasteiger partial charge in [-0.25, -0.2) is 0 Å². The van der Waals surface area contributed by atoms with Gasteiger partial charge in [0.2, 0.25) is 0 Å².